The number of halogens is 6. The van der Waals surface area contributed by atoms with Crippen LogP contribution >= 0.6 is 0 Å². The maximum absolute atomic E-state index is 14.1. The Labute approximate surface area is 212 Å². The molecular formula is C24H23F6N5O3. The molecule has 0 bridgehead atoms. The lowest BCUT2D eigenvalue weighted by Crippen LogP contribution is -2.60. The first-order valence-electron chi connectivity index (χ1n) is 11.2. The quantitative estimate of drug-likeness (QED) is 0.358. The van der Waals surface area contributed by atoms with Gasteiger partial charge in [0.05, 0.1) is 25.0 Å². The third-order valence-corrected chi connectivity index (χ3v) is 5.60. The number of hydrogen-bond donors (Lipinski definition) is 3. The van der Waals surface area contributed by atoms with Gasteiger partial charge in [-0.2, -0.15) is 18.3 Å². The van der Waals surface area contributed by atoms with Crippen molar-refractivity contribution in [3.05, 3.63) is 77.2 Å². The van der Waals surface area contributed by atoms with Gasteiger partial charge >= 0.3 is 6.18 Å². The summed E-state index contributed by atoms with van der Waals surface area (Å²) < 4.78 is 84.3. The van der Waals surface area contributed by atoms with E-state index < -0.39 is 59.7 Å². The van der Waals surface area contributed by atoms with E-state index in [4.69, 9.17) is 5.73 Å². The van der Waals surface area contributed by atoms with Crippen LogP contribution in [0.25, 0.3) is 5.69 Å². The molecule has 0 fully saturated rings. The molecule has 0 saturated heterocycles. The number of amides is 2. The zero-order chi connectivity index (χ0) is 28.3. The van der Waals surface area contributed by atoms with Crippen molar-refractivity contribution in [1.82, 2.24) is 20.0 Å². The Morgan fingerprint density at radius 1 is 1.08 bits per heavy atom. The number of nitrogens with zero attached hydrogens (tertiary/aromatic N) is 3. The van der Waals surface area contributed by atoms with E-state index in [-0.39, 0.29) is 30.0 Å². The molecule has 8 nitrogen and oxygen atoms in total. The molecule has 3 aromatic rings. The van der Waals surface area contributed by atoms with Crippen LogP contribution in [-0.2, 0) is 0 Å². The number of aromatic nitrogens is 2. The van der Waals surface area contributed by atoms with E-state index in [1.165, 1.54) is 19.1 Å². The largest absolute Gasteiger partial charge is 0.420 e. The number of aliphatic hydroxyl groups is 1. The molecule has 204 valence electrons. The molecule has 1 atom stereocenters. The number of nitrogens with one attached hydrogen (secondary N) is 1. The first-order valence-corrected chi connectivity index (χ1v) is 11.2. The molecule has 14 heteroatoms. The summed E-state index contributed by atoms with van der Waals surface area (Å²) in [5.74, 6) is -5.92. The van der Waals surface area contributed by atoms with Crippen LogP contribution in [0.3, 0.4) is 0 Å². The number of alkyl halides is 3. The SMILES string of the molecule is CCCN(CC(O)(CNC(=O)c1cnn(-c2ccc(F)cc2)c1N)C(F)(F)F)C(=O)c1c(F)cccc1F. The standard InChI is InChI=1S/C24H23F6N5O3/c1-2-10-34(22(37)19-17(26)4-3-5-18(19)27)13-23(38,24(28,29)30)12-32-21(36)16-11-33-35(20(16)31)15-8-6-14(25)7-9-15/h3-9,11,38H,2,10,12-13,31H2,1H3,(H,32,36). The molecule has 0 aliphatic rings. The minimum absolute atomic E-state index is 0.0984. The Morgan fingerprint density at radius 3 is 2.24 bits per heavy atom. The van der Waals surface area contributed by atoms with Crippen LogP contribution in [0.15, 0.2) is 48.7 Å². The molecule has 0 aliphatic carbocycles. The second kappa shape index (κ2) is 11.1. The lowest BCUT2D eigenvalue weighted by atomic mass is 10.0. The van der Waals surface area contributed by atoms with Crippen molar-refractivity contribution < 1.29 is 41.0 Å². The van der Waals surface area contributed by atoms with Crippen LogP contribution < -0.4 is 11.1 Å². The summed E-state index contributed by atoms with van der Waals surface area (Å²) in [7, 11) is 0. The highest BCUT2D eigenvalue weighted by atomic mass is 19.4. The van der Waals surface area contributed by atoms with Crippen molar-refractivity contribution in [3.63, 3.8) is 0 Å². The smallest absolute Gasteiger partial charge is 0.383 e. The number of nitrogen functional groups attached to an aromatic ring is 1. The van der Waals surface area contributed by atoms with Crippen molar-refractivity contribution in [3.8, 4) is 5.69 Å². The van der Waals surface area contributed by atoms with Crippen LogP contribution in [0.2, 0.25) is 0 Å². The number of nitrogens with two attached hydrogens (primary N) is 1. The second-order valence-corrected chi connectivity index (χ2v) is 8.37. The Bertz CT molecular complexity index is 1290. The third kappa shape index (κ3) is 5.90. The summed E-state index contributed by atoms with van der Waals surface area (Å²) in [6.45, 7) is -1.73. The maximum Gasteiger partial charge on any atom is 0.420 e. The average molecular weight is 543 g/mol. The van der Waals surface area contributed by atoms with E-state index in [0.717, 1.165) is 41.2 Å². The maximum atomic E-state index is 14.1. The molecule has 1 aromatic heterocycles. The van der Waals surface area contributed by atoms with E-state index in [1.807, 2.05) is 5.32 Å². The molecule has 1 unspecified atom stereocenters. The van der Waals surface area contributed by atoms with Crippen LogP contribution in [0.1, 0.15) is 34.1 Å². The fourth-order valence-electron chi connectivity index (χ4n) is 3.59. The minimum Gasteiger partial charge on any atom is -0.383 e. The van der Waals surface area contributed by atoms with E-state index in [2.05, 4.69) is 5.10 Å². The van der Waals surface area contributed by atoms with Crippen molar-refractivity contribution in [2.45, 2.75) is 25.1 Å². The van der Waals surface area contributed by atoms with Crippen molar-refractivity contribution in [2.75, 3.05) is 25.4 Å². The lowest BCUT2D eigenvalue weighted by Gasteiger charge is -2.35. The topological polar surface area (TPSA) is 113 Å². The highest BCUT2D eigenvalue weighted by Crippen LogP contribution is 2.32. The Balaban J connectivity index is 1.83. The van der Waals surface area contributed by atoms with Crippen LogP contribution in [0.4, 0.5) is 32.2 Å². The molecule has 0 spiro atoms. The highest BCUT2D eigenvalue weighted by molar-refractivity contribution is 5.98. The predicted octanol–water partition coefficient (Wildman–Crippen LogP) is 3.45. The van der Waals surface area contributed by atoms with Crippen molar-refractivity contribution in [1.29, 1.82) is 0 Å². The van der Waals surface area contributed by atoms with Gasteiger partial charge in [-0.15, -0.1) is 0 Å². The van der Waals surface area contributed by atoms with E-state index in [9.17, 15) is 41.0 Å². The number of carbonyl (C=O) groups excluding carboxylic acids is 2. The summed E-state index contributed by atoms with van der Waals surface area (Å²) >= 11 is 0. The molecule has 1 heterocycles. The molecule has 2 amide bonds. The Morgan fingerprint density at radius 2 is 1.68 bits per heavy atom. The number of carbonyl (C=O) groups is 2. The third-order valence-electron chi connectivity index (χ3n) is 5.60. The molecule has 0 radical (unpaired) electrons. The van der Waals surface area contributed by atoms with Gasteiger partial charge < -0.3 is 21.1 Å². The van der Waals surface area contributed by atoms with E-state index in [0.29, 0.717) is 4.90 Å². The van der Waals surface area contributed by atoms with Crippen LogP contribution in [0.5, 0.6) is 0 Å². The summed E-state index contributed by atoms with van der Waals surface area (Å²) in [6.07, 6.45) is -4.31. The summed E-state index contributed by atoms with van der Waals surface area (Å²) in [6, 6.07) is 7.35. The normalized spacial score (nSPS) is 13.2. The zero-order valence-electron chi connectivity index (χ0n) is 19.9. The van der Waals surface area contributed by atoms with Gasteiger partial charge in [-0.05, 0) is 42.8 Å². The summed E-state index contributed by atoms with van der Waals surface area (Å²) in [4.78, 5) is 25.9. The molecule has 3 rings (SSSR count). The van der Waals surface area contributed by atoms with Gasteiger partial charge in [0.1, 0.15) is 34.4 Å². The van der Waals surface area contributed by atoms with Gasteiger partial charge in [0, 0.05) is 6.54 Å². The van der Waals surface area contributed by atoms with Crippen LogP contribution in [-0.4, -0.2) is 63.0 Å². The number of benzene rings is 2. The van der Waals surface area contributed by atoms with E-state index in [1.54, 1.807) is 0 Å². The van der Waals surface area contributed by atoms with Gasteiger partial charge in [0.25, 0.3) is 11.8 Å². The molecule has 4 N–H and O–H groups in total. The van der Waals surface area contributed by atoms with Gasteiger partial charge in [-0.25, -0.2) is 17.9 Å². The summed E-state index contributed by atoms with van der Waals surface area (Å²) in [5, 5.41) is 16.3. The fraction of sp³-hybridized carbons (Fsp3) is 0.292. The van der Waals surface area contributed by atoms with Gasteiger partial charge in [-0.3, -0.25) is 9.59 Å². The Kier molecular flexibility index (Phi) is 8.35. The predicted molar refractivity (Wildman–Crippen MR) is 124 cm³/mol. The minimum atomic E-state index is -5.37. The van der Waals surface area contributed by atoms with Crippen molar-refractivity contribution >= 4 is 17.6 Å². The number of anilines is 1. The lowest BCUT2D eigenvalue weighted by molar-refractivity contribution is -0.260. The highest BCUT2D eigenvalue weighted by Gasteiger charge is 2.55. The fourth-order valence-corrected chi connectivity index (χ4v) is 3.59. The van der Waals surface area contributed by atoms with Gasteiger partial charge in [0.2, 0.25) is 0 Å². The second-order valence-electron chi connectivity index (χ2n) is 8.37. The Hall–Kier alpha value is -4.07. The molecule has 38 heavy (non-hydrogen) atoms. The van der Waals surface area contributed by atoms with Crippen molar-refractivity contribution in [2.24, 2.45) is 0 Å². The summed E-state index contributed by atoms with van der Waals surface area (Å²) in [5.41, 5.74) is 1.05. The van der Waals surface area contributed by atoms with Gasteiger partial charge in [0.15, 0.2) is 5.60 Å². The number of rotatable bonds is 9. The van der Waals surface area contributed by atoms with Gasteiger partial charge in [-0.1, -0.05) is 13.0 Å². The average Bonchev–Trinajstić information content (AvgIpc) is 3.23. The van der Waals surface area contributed by atoms with E-state index >= 15 is 0 Å². The molecule has 2 aromatic carbocycles. The number of hydrogen-bond acceptors (Lipinski definition) is 5. The first-order chi connectivity index (χ1) is 17.8. The van der Waals surface area contributed by atoms with Crippen LogP contribution in [0, 0.1) is 17.5 Å². The molecular weight excluding hydrogens is 520 g/mol. The molecule has 0 saturated carbocycles. The monoisotopic (exact) mass is 543 g/mol. The first kappa shape index (κ1) is 28.5. The zero-order valence-corrected chi connectivity index (χ0v) is 19.9. The molecule has 0 aliphatic heterocycles.